The third kappa shape index (κ3) is 3.73. The van der Waals surface area contributed by atoms with Crippen LogP contribution in [0.1, 0.15) is 27.2 Å². The fraction of sp³-hybridized carbons (Fsp3) is 0.158. The molecule has 0 radical (unpaired) electrons. The first kappa shape index (κ1) is 17.2. The summed E-state index contributed by atoms with van der Waals surface area (Å²) in [7, 11) is 0. The summed E-state index contributed by atoms with van der Waals surface area (Å²) < 4.78 is 1.68. The molecule has 3 rings (SSSR count). The van der Waals surface area contributed by atoms with E-state index in [2.05, 4.69) is 5.10 Å². The van der Waals surface area contributed by atoms with E-state index in [0.29, 0.717) is 18.1 Å². The molecule has 0 saturated heterocycles. The zero-order chi connectivity index (χ0) is 18.0. The van der Waals surface area contributed by atoms with Crippen molar-refractivity contribution in [3.8, 4) is 11.3 Å². The van der Waals surface area contributed by atoms with Gasteiger partial charge in [0.05, 0.1) is 12.2 Å². The Hall–Kier alpha value is -2.63. The molecular weight excluding hydrogens is 338 g/mol. The van der Waals surface area contributed by atoms with E-state index in [4.69, 9.17) is 17.3 Å². The van der Waals surface area contributed by atoms with Gasteiger partial charge >= 0.3 is 5.97 Å². The number of carboxylic acid groups (broad SMARTS) is 1. The quantitative estimate of drug-likeness (QED) is 0.730. The van der Waals surface area contributed by atoms with Gasteiger partial charge in [-0.2, -0.15) is 5.10 Å². The first-order chi connectivity index (χ1) is 12.0. The molecule has 3 aromatic rings. The molecule has 0 amide bonds. The third-order valence-corrected chi connectivity index (χ3v) is 4.46. The summed E-state index contributed by atoms with van der Waals surface area (Å²) in [6.45, 7) is 2.83. The van der Waals surface area contributed by atoms with Crippen molar-refractivity contribution < 1.29 is 9.90 Å². The van der Waals surface area contributed by atoms with Gasteiger partial charge in [-0.05, 0) is 41.3 Å². The molecule has 0 aliphatic rings. The minimum absolute atomic E-state index is 0.0103. The number of halogens is 1. The second-order valence-electron chi connectivity index (χ2n) is 5.86. The summed E-state index contributed by atoms with van der Waals surface area (Å²) in [5.41, 5.74) is 10.2. The van der Waals surface area contributed by atoms with E-state index in [9.17, 15) is 9.90 Å². The van der Waals surface area contributed by atoms with Gasteiger partial charge in [-0.15, -0.1) is 0 Å². The van der Waals surface area contributed by atoms with Crippen LogP contribution in [0.5, 0.6) is 0 Å². The number of aromatic nitrogens is 2. The van der Waals surface area contributed by atoms with Crippen molar-refractivity contribution in [1.82, 2.24) is 9.78 Å². The van der Waals surface area contributed by atoms with E-state index in [1.54, 1.807) is 10.7 Å². The largest absolute Gasteiger partial charge is 0.476 e. The molecule has 0 atom stereocenters. The Balaban J connectivity index is 2.01. The van der Waals surface area contributed by atoms with Crippen LogP contribution in [0.2, 0.25) is 5.02 Å². The van der Waals surface area contributed by atoms with E-state index in [1.807, 2.05) is 49.4 Å². The Kier molecular flexibility index (Phi) is 4.88. The zero-order valence-corrected chi connectivity index (χ0v) is 14.5. The maximum atomic E-state index is 11.3. The Morgan fingerprint density at radius 3 is 2.44 bits per heavy atom. The summed E-state index contributed by atoms with van der Waals surface area (Å²) in [5, 5.41) is 14.2. The zero-order valence-electron chi connectivity index (χ0n) is 13.7. The maximum Gasteiger partial charge on any atom is 0.356 e. The van der Waals surface area contributed by atoms with Crippen molar-refractivity contribution in [2.45, 2.75) is 20.0 Å². The predicted octanol–water partition coefficient (Wildman–Crippen LogP) is 3.72. The molecule has 25 heavy (non-hydrogen) atoms. The highest BCUT2D eigenvalue weighted by atomic mass is 35.5. The van der Waals surface area contributed by atoms with Gasteiger partial charge in [0.15, 0.2) is 5.69 Å². The van der Waals surface area contributed by atoms with Crippen LogP contribution >= 0.6 is 11.6 Å². The molecule has 5 nitrogen and oxygen atoms in total. The minimum atomic E-state index is -1.06. The lowest BCUT2D eigenvalue weighted by molar-refractivity contribution is 0.0689. The molecule has 6 heteroatoms. The van der Waals surface area contributed by atoms with Crippen molar-refractivity contribution in [3.63, 3.8) is 0 Å². The average Bonchev–Trinajstić information content (AvgIpc) is 3.02. The molecular formula is C19H18ClN3O2. The first-order valence-electron chi connectivity index (χ1n) is 7.83. The number of benzene rings is 2. The monoisotopic (exact) mass is 355 g/mol. The molecule has 0 fully saturated rings. The molecule has 1 heterocycles. The fourth-order valence-electron chi connectivity index (χ4n) is 2.59. The molecule has 0 saturated carbocycles. The van der Waals surface area contributed by atoms with E-state index < -0.39 is 5.97 Å². The maximum absolute atomic E-state index is 11.3. The van der Waals surface area contributed by atoms with Crippen LogP contribution in [0, 0.1) is 6.92 Å². The van der Waals surface area contributed by atoms with E-state index in [-0.39, 0.29) is 5.69 Å². The number of carboxylic acids is 1. The number of aryl methyl sites for hydroxylation is 1. The van der Waals surface area contributed by atoms with Crippen molar-refractivity contribution in [2.75, 3.05) is 0 Å². The van der Waals surface area contributed by atoms with Crippen LogP contribution in [-0.2, 0) is 13.1 Å². The van der Waals surface area contributed by atoms with Crippen molar-refractivity contribution in [1.29, 1.82) is 0 Å². The normalized spacial score (nSPS) is 10.8. The molecule has 1 aromatic heterocycles. The van der Waals surface area contributed by atoms with Crippen LogP contribution in [0.4, 0.5) is 0 Å². The van der Waals surface area contributed by atoms with Gasteiger partial charge in [0.1, 0.15) is 0 Å². The van der Waals surface area contributed by atoms with Gasteiger partial charge in [-0.3, -0.25) is 4.68 Å². The number of nitrogens with zero attached hydrogens (tertiary/aromatic N) is 2. The van der Waals surface area contributed by atoms with Gasteiger partial charge in [0.2, 0.25) is 0 Å². The lowest BCUT2D eigenvalue weighted by Gasteiger charge is -2.09. The molecule has 0 aliphatic carbocycles. The van der Waals surface area contributed by atoms with Gasteiger partial charge in [0, 0.05) is 11.6 Å². The van der Waals surface area contributed by atoms with Gasteiger partial charge < -0.3 is 10.8 Å². The van der Waals surface area contributed by atoms with E-state index in [1.165, 1.54) is 0 Å². The number of rotatable bonds is 5. The highest BCUT2D eigenvalue weighted by molar-refractivity contribution is 6.31. The molecule has 3 N–H and O–H groups in total. The molecule has 0 spiro atoms. The SMILES string of the molecule is Cc1ccc(Cn2nc(C(=O)O)cc2-c2ccc(CN)cc2)cc1Cl. The number of nitrogens with two attached hydrogens (primary N) is 1. The van der Waals surface area contributed by atoms with Crippen LogP contribution in [0.25, 0.3) is 11.3 Å². The highest BCUT2D eigenvalue weighted by Gasteiger charge is 2.15. The Morgan fingerprint density at radius 1 is 1.16 bits per heavy atom. The van der Waals surface area contributed by atoms with E-state index >= 15 is 0 Å². The van der Waals surface area contributed by atoms with Gasteiger partial charge in [-0.1, -0.05) is 48.0 Å². The van der Waals surface area contributed by atoms with Gasteiger partial charge in [0.25, 0.3) is 0 Å². The Bertz CT molecular complexity index is 917. The number of aromatic carboxylic acids is 1. The summed E-state index contributed by atoms with van der Waals surface area (Å²) in [4.78, 5) is 11.3. The molecule has 0 aliphatic heterocycles. The summed E-state index contributed by atoms with van der Waals surface area (Å²) >= 11 is 6.19. The van der Waals surface area contributed by atoms with Crippen molar-refractivity contribution in [3.05, 3.63) is 75.9 Å². The molecule has 0 unspecified atom stereocenters. The summed E-state index contributed by atoms with van der Waals surface area (Å²) in [5.74, 6) is -1.06. The van der Waals surface area contributed by atoms with Crippen molar-refractivity contribution >= 4 is 17.6 Å². The predicted molar refractivity (Wildman–Crippen MR) is 97.8 cm³/mol. The Labute approximate surface area is 150 Å². The van der Waals surface area contributed by atoms with Crippen molar-refractivity contribution in [2.24, 2.45) is 5.73 Å². The first-order valence-corrected chi connectivity index (χ1v) is 8.21. The average molecular weight is 356 g/mol. The second-order valence-corrected chi connectivity index (χ2v) is 6.27. The van der Waals surface area contributed by atoms with Crippen LogP contribution in [0.15, 0.2) is 48.5 Å². The lowest BCUT2D eigenvalue weighted by Crippen LogP contribution is -2.06. The highest BCUT2D eigenvalue weighted by Crippen LogP contribution is 2.24. The van der Waals surface area contributed by atoms with E-state index in [0.717, 1.165) is 27.9 Å². The smallest absolute Gasteiger partial charge is 0.356 e. The standard InChI is InChI=1S/C19H18ClN3O2/c1-12-2-3-14(8-16(12)20)11-23-18(9-17(22-23)19(24)25)15-6-4-13(10-21)5-7-15/h2-9H,10-11,21H2,1H3,(H,24,25). The topological polar surface area (TPSA) is 81.1 Å². The molecule has 128 valence electrons. The van der Waals surface area contributed by atoms with Gasteiger partial charge in [-0.25, -0.2) is 4.79 Å². The molecule has 0 bridgehead atoms. The number of hydrogen-bond donors (Lipinski definition) is 2. The summed E-state index contributed by atoms with van der Waals surface area (Å²) in [6, 6.07) is 15.0. The van der Waals surface area contributed by atoms with Crippen LogP contribution in [-0.4, -0.2) is 20.9 Å². The second kappa shape index (κ2) is 7.09. The Morgan fingerprint density at radius 2 is 1.84 bits per heavy atom. The number of carbonyl (C=O) groups is 1. The summed E-state index contributed by atoms with van der Waals surface area (Å²) in [6.07, 6.45) is 0. The fourth-order valence-corrected chi connectivity index (χ4v) is 2.80. The van der Waals surface area contributed by atoms with Crippen LogP contribution < -0.4 is 5.73 Å². The number of hydrogen-bond acceptors (Lipinski definition) is 3. The lowest BCUT2D eigenvalue weighted by atomic mass is 10.1. The van der Waals surface area contributed by atoms with Crippen LogP contribution in [0.3, 0.4) is 0 Å². The third-order valence-electron chi connectivity index (χ3n) is 4.05. The molecule has 2 aromatic carbocycles. The minimum Gasteiger partial charge on any atom is -0.476 e.